The predicted octanol–water partition coefficient (Wildman–Crippen LogP) is 6.05. The van der Waals surface area contributed by atoms with E-state index in [4.69, 9.17) is 15.2 Å². The summed E-state index contributed by atoms with van der Waals surface area (Å²) in [6.07, 6.45) is -4.18. The molecule has 1 amide bonds. The van der Waals surface area contributed by atoms with Gasteiger partial charge in [-0.15, -0.1) is 0 Å². The topological polar surface area (TPSA) is 158 Å². The third-order valence-corrected chi connectivity index (χ3v) is 8.11. The first kappa shape index (κ1) is 38.7. The van der Waals surface area contributed by atoms with Gasteiger partial charge in [-0.05, 0) is 60.9 Å². The third-order valence-electron chi connectivity index (χ3n) is 8.11. The Morgan fingerprint density at radius 3 is 2.10 bits per heavy atom. The zero-order chi connectivity index (χ0) is 38.2. The second kappa shape index (κ2) is 16.3. The van der Waals surface area contributed by atoms with Gasteiger partial charge in [-0.3, -0.25) is 29.0 Å². The van der Waals surface area contributed by atoms with Gasteiger partial charge in [0.25, 0.3) is 5.91 Å². The highest BCUT2D eigenvalue weighted by Gasteiger charge is 2.53. The number of hydrogen-bond acceptors (Lipinski definition) is 10. The molecule has 0 atom stereocenters. The van der Waals surface area contributed by atoms with Crippen molar-refractivity contribution in [2.24, 2.45) is 0 Å². The first-order chi connectivity index (χ1) is 24.7. The number of aldehydes is 1. The Hall–Kier alpha value is -6.05. The van der Waals surface area contributed by atoms with Crippen molar-refractivity contribution >= 4 is 47.0 Å². The van der Waals surface area contributed by atoms with Gasteiger partial charge in [0, 0.05) is 32.5 Å². The smallest absolute Gasteiger partial charge is 0.416 e. The van der Waals surface area contributed by atoms with Crippen LogP contribution in [-0.4, -0.2) is 62.2 Å². The molecule has 0 spiro atoms. The van der Waals surface area contributed by atoms with Crippen LogP contribution in [0.2, 0.25) is 0 Å². The number of benzene rings is 3. The molecule has 0 saturated heterocycles. The average Bonchev–Trinajstić information content (AvgIpc) is 3.11. The minimum absolute atomic E-state index is 0.0326. The lowest BCUT2D eigenvalue weighted by Crippen LogP contribution is -2.48. The Morgan fingerprint density at radius 2 is 1.56 bits per heavy atom. The van der Waals surface area contributed by atoms with E-state index >= 15 is 0 Å². The van der Waals surface area contributed by atoms with Gasteiger partial charge in [0.2, 0.25) is 5.41 Å². The summed E-state index contributed by atoms with van der Waals surface area (Å²) in [4.78, 5) is 72.8. The van der Waals surface area contributed by atoms with Gasteiger partial charge >= 0.3 is 18.1 Å². The number of nitrogens with two attached hydrogens (primary N) is 1. The van der Waals surface area contributed by atoms with Gasteiger partial charge in [0.1, 0.15) is 5.78 Å². The summed E-state index contributed by atoms with van der Waals surface area (Å²) in [6, 6.07) is 16.8. The standard InChI is InChI=1S/C38H37F3N4O7/c1-5-51-35(49)37(36(50)52-6-2,32-17-14-26(42)21-43-32)20-27(47)18-24-12-16-31(30(22-46)33(24)45(3)4)44-34(48)29-19-25(38(39,40)41)13-15-28(29)23-10-8-7-9-11-23/h7-17,19,21-22H,5-6,18,20,42H2,1-4H3,(H,44,48). The first-order valence-corrected chi connectivity index (χ1v) is 16.1. The summed E-state index contributed by atoms with van der Waals surface area (Å²) in [6.45, 7) is 2.84. The highest BCUT2D eigenvalue weighted by molar-refractivity contribution is 6.12. The van der Waals surface area contributed by atoms with Crippen molar-refractivity contribution in [1.29, 1.82) is 0 Å². The van der Waals surface area contributed by atoms with Crippen LogP contribution in [0.15, 0.2) is 79.0 Å². The number of ketones is 1. The number of anilines is 3. The molecule has 3 N–H and O–H groups in total. The fraction of sp³-hybridized carbons (Fsp3) is 0.263. The molecule has 0 unspecified atom stereocenters. The highest BCUT2D eigenvalue weighted by atomic mass is 19.4. The number of nitrogens with zero attached hydrogens (tertiary/aromatic N) is 2. The van der Waals surface area contributed by atoms with Crippen molar-refractivity contribution in [3.8, 4) is 11.1 Å². The van der Waals surface area contributed by atoms with E-state index < -0.39 is 53.6 Å². The summed E-state index contributed by atoms with van der Waals surface area (Å²) in [5.74, 6) is -3.65. The molecule has 3 aromatic carbocycles. The predicted molar refractivity (Wildman–Crippen MR) is 188 cm³/mol. The van der Waals surface area contributed by atoms with E-state index in [2.05, 4.69) is 10.3 Å². The molecule has 0 aliphatic rings. The lowest BCUT2D eigenvalue weighted by Gasteiger charge is -2.28. The highest BCUT2D eigenvalue weighted by Crippen LogP contribution is 2.37. The SMILES string of the molecule is CCOC(=O)C(CC(=O)Cc1ccc(NC(=O)c2cc(C(F)(F)F)ccc2-c2ccccc2)c(C=O)c1N(C)C)(C(=O)OCC)c1ccc(N)cn1. The number of carbonyl (C=O) groups is 5. The van der Waals surface area contributed by atoms with Crippen LogP contribution in [0.4, 0.5) is 30.2 Å². The van der Waals surface area contributed by atoms with Gasteiger partial charge in [-0.25, -0.2) is 0 Å². The molecule has 0 aliphatic carbocycles. The number of amides is 1. The number of pyridine rings is 1. The van der Waals surface area contributed by atoms with Gasteiger partial charge < -0.3 is 25.4 Å². The quantitative estimate of drug-likeness (QED) is 0.0894. The lowest BCUT2D eigenvalue weighted by atomic mass is 9.78. The van der Waals surface area contributed by atoms with Crippen molar-refractivity contribution in [2.75, 3.05) is 43.3 Å². The number of alkyl halides is 3. The van der Waals surface area contributed by atoms with E-state index in [0.717, 1.165) is 12.1 Å². The Labute approximate surface area is 297 Å². The zero-order valence-corrected chi connectivity index (χ0v) is 28.9. The lowest BCUT2D eigenvalue weighted by molar-refractivity contribution is -0.166. The molecular weight excluding hydrogens is 681 g/mol. The Kier molecular flexibility index (Phi) is 12.2. The van der Waals surface area contributed by atoms with Crippen LogP contribution in [-0.2, 0) is 41.9 Å². The fourth-order valence-electron chi connectivity index (χ4n) is 5.78. The van der Waals surface area contributed by atoms with Gasteiger partial charge in [-0.2, -0.15) is 13.2 Å². The number of Topliss-reactive ketones (excluding diaryl/α,β-unsaturated/α-hetero) is 1. The molecule has 0 radical (unpaired) electrons. The third kappa shape index (κ3) is 8.28. The summed E-state index contributed by atoms with van der Waals surface area (Å²) >= 11 is 0. The number of carbonyl (C=O) groups excluding carboxylic acids is 5. The van der Waals surface area contributed by atoms with Crippen molar-refractivity contribution in [2.45, 2.75) is 38.3 Å². The van der Waals surface area contributed by atoms with Crippen molar-refractivity contribution in [3.05, 3.63) is 107 Å². The van der Waals surface area contributed by atoms with E-state index in [1.807, 2.05) is 0 Å². The van der Waals surface area contributed by atoms with E-state index in [1.165, 1.54) is 55.3 Å². The molecule has 4 aromatic rings. The monoisotopic (exact) mass is 718 g/mol. The average molecular weight is 719 g/mol. The molecule has 11 nitrogen and oxygen atoms in total. The van der Waals surface area contributed by atoms with E-state index in [0.29, 0.717) is 11.8 Å². The van der Waals surface area contributed by atoms with Crippen LogP contribution in [0.3, 0.4) is 0 Å². The number of rotatable bonds is 14. The van der Waals surface area contributed by atoms with Gasteiger partial charge in [-0.1, -0.05) is 42.5 Å². The van der Waals surface area contributed by atoms with E-state index in [-0.39, 0.29) is 58.2 Å². The molecule has 1 aromatic heterocycles. The Balaban J connectivity index is 1.75. The number of aromatic nitrogens is 1. The molecule has 272 valence electrons. The number of nitrogen functional groups attached to an aromatic ring is 1. The van der Waals surface area contributed by atoms with Crippen LogP contribution < -0.4 is 16.0 Å². The molecule has 52 heavy (non-hydrogen) atoms. The normalized spacial score (nSPS) is 11.4. The molecular formula is C38H37F3N4O7. The minimum atomic E-state index is -4.73. The van der Waals surface area contributed by atoms with Crippen LogP contribution in [0.1, 0.15) is 57.8 Å². The van der Waals surface area contributed by atoms with Crippen molar-refractivity contribution < 1.29 is 46.6 Å². The summed E-state index contributed by atoms with van der Waals surface area (Å²) < 4.78 is 51.6. The maximum Gasteiger partial charge on any atom is 0.416 e. The molecule has 0 fully saturated rings. The minimum Gasteiger partial charge on any atom is -0.465 e. The summed E-state index contributed by atoms with van der Waals surface area (Å²) in [7, 11) is 3.17. The van der Waals surface area contributed by atoms with Crippen LogP contribution in [0.25, 0.3) is 11.1 Å². The second-order valence-corrected chi connectivity index (χ2v) is 11.8. The number of esters is 2. The number of halogens is 3. The Morgan fingerprint density at radius 1 is 0.904 bits per heavy atom. The van der Waals surface area contributed by atoms with Gasteiger partial charge in [0.15, 0.2) is 6.29 Å². The first-order valence-electron chi connectivity index (χ1n) is 16.1. The molecule has 0 bridgehead atoms. The maximum absolute atomic E-state index is 13.9. The van der Waals surface area contributed by atoms with Crippen molar-refractivity contribution in [3.63, 3.8) is 0 Å². The van der Waals surface area contributed by atoms with E-state index in [1.54, 1.807) is 44.4 Å². The van der Waals surface area contributed by atoms with Crippen molar-refractivity contribution in [1.82, 2.24) is 4.98 Å². The van der Waals surface area contributed by atoms with Gasteiger partial charge in [0.05, 0.1) is 53.3 Å². The number of hydrogen-bond donors (Lipinski definition) is 2. The molecule has 0 aliphatic heterocycles. The second-order valence-electron chi connectivity index (χ2n) is 11.8. The summed E-state index contributed by atoms with van der Waals surface area (Å²) in [5, 5.41) is 2.57. The fourth-order valence-corrected chi connectivity index (χ4v) is 5.78. The number of nitrogens with one attached hydrogen (secondary N) is 1. The zero-order valence-electron chi connectivity index (χ0n) is 28.9. The molecule has 4 rings (SSSR count). The maximum atomic E-state index is 13.9. The van der Waals surface area contributed by atoms with Crippen LogP contribution >= 0.6 is 0 Å². The number of ether oxygens (including phenoxy) is 2. The van der Waals surface area contributed by atoms with Crippen LogP contribution in [0, 0.1) is 0 Å². The summed E-state index contributed by atoms with van der Waals surface area (Å²) in [5.41, 5.74) is 3.42. The van der Waals surface area contributed by atoms with Crippen LogP contribution in [0.5, 0.6) is 0 Å². The molecule has 0 saturated carbocycles. The molecule has 1 heterocycles. The van der Waals surface area contributed by atoms with E-state index in [9.17, 15) is 37.1 Å². The molecule has 14 heteroatoms. The Bertz CT molecular complexity index is 1950. The largest absolute Gasteiger partial charge is 0.465 e.